The highest BCUT2D eigenvalue weighted by Crippen LogP contribution is 2.12. The van der Waals surface area contributed by atoms with Gasteiger partial charge in [0.05, 0.1) is 6.61 Å². The maximum absolute atomic E-state index is 12.3. The van der Waals surface area contributed by atoms with Crippen molar-refractivity contribution < 1.29 is 13.5 Å². The van der Waals surface area contributed by atoms with Gasteiger partial charge < -0.3 is 5.11 Å². The van der Waals surface area contributed by atoms with Crippen molar-refractivity contribution in [2.24, 2.45) is 0 Å². The van der Waals surface area contributed by atoms with Gasteiger partial charge in [-0.2, -0.15) is 0 Å². The van der Waals surface area contributed by atoms with Gasteiger partial charge in [0.2, 0.25) is 0 Å². The second kappa shape index (κ2) is 7.52. The van der Waals surface area contributed by atoms with E-state index in [0.29, 0.717) is 12.0 Å². The van der Waals surface area contributed by atoms with Crippen LogP contribution in [0.2, 0.25) is 0 Å². The molecule has 114 valence electrons. The lowest BCUT2D eigenvalue weighted by Crippen LogP contribution is -2.44. The van der Waals surface area contributed by atoms with E-state index in [-0.39, 0.29) is 11.5 Å². The average Bonchev–Trinajstić information content (AvgIpc) is 2.48. The van der Waals surface area contributed by atoms with Crippen molar-refractivity contribution in [2.75, 3.05) is 19.7 Å². The van der Waals surface area contributed by atoms with Gasteiger partial charge in [0, 0.05) is 37.5 Å². The van der Waals surface area contributed by atoms with Crippen molar-refractivity contribution in [2.45, 2.75) is 30.6 Å². The maximum atomic E-state index is 12.3. The molecule has 0 unspecified atom stereocenters. The van der Waals surface area contributed by atoms with Crippen molar-refractivity contribution in [3.05, 3.63) is 24.0 Å². The molecule has 2 heterocycles. The van der Waals surface area contributed by atoms with Crippen molar-refractivity contribution in [1.29, 1.82) is 0 Å². The standard InChI is InChI=1S/C14H19N3O3S/c18-9-5-2-6-13-10-14(12-15-11-13)21(19,20)16-17-7-3-1-4-8-17/h10-12,16,18H,1,3-5,7-9H2. The lowest BCUT2D eigenvalue weighted by Gasteiger charge is -2.26. The highest BCUT2D eigenvalue weighted by molar-refractivity contribution is 7.89. The SMILES string of the molecule is O=S(=O)(NN1CCCCC1)c1cncc(C#CCCO)c1. The lowest BCUT2D eigenvalue weighted by atomic mass is 10.2. The number of hydrazine groups is 1. The second-order valence-electron chi connectivity index (χ2n) is 4.83. The van der Waals surface area contributed by atoms with Gasteiger partial charge in [0.15, 0.2) is 0 Å². The molecule has 0 atom stereocenters. The highest BCUT2D eigenvalue weighted by Gasteiger charge is 2.20. The van der Waals surface area contributed by atoms with Gasteiger partial charge in [0.25, 0.3) is 10.0 Å². The predicted molar refractivity (Wildman–Crippen MR) is 78.6 cm³/mol. The molecular formula is C14H19N3O3S. The normalized spacial score (nSPS) is 16.2. The molecule has 0 spiro atoms. The second-order valence-corrected chi connectivity index (χ2v) is 6.49. The molecule has 0 radical (unpaired) electrons. The summed E-state index contributed by atoms with van der Waals surface area (Å²) in [6.07, 6.45) is 6.29. The van der Waals surface area contributed by atoms with Crippen molar-refractivity contribution in [3.8, 4) is 11.8 Å². The third-order valence-corrected chi connectivity index (χ3v) is 4.44. The number of sulfonamides is 1. The minimum absolute atomic E-state index is 0.0189. The highest BCUT2D eigenvalue weighted by atomic mass is 32.2. The summed E-state index contributed by atoms with van der Waals surface area (Å²) in [5.41, 5.74) is 0.518. The van der Waals surface area contributed by atoms with Crippen LogP contribution in [0.4, 0.5) is 0 Å². The lowest BCUT2D eigenvalue weighted by molar-refractivity contribution is 0.200. The van der Waals surface area contributed by atoms with E-state index in [9.17, 15) is 8.42 Å². The van der Waals surface area contributed by atoms with Gasteiger partial charge in [-0.15, -0.1) is 4.83 Å². The Bertz CT molecular complexity index is 628. The topological polar surface area (TPSA) is 82.5 Å². The minimum Gasteiger partial charge on any atom is -0.395 e. The van der Waals surface area contributed by atoms with E-state index in [4.69, 9.17) is 5.11 Å². The summed E-state index contributed by atoms with van der Waals surface area (Å²) >= 11 is 0. The van der Waals surface area contributed by atoms with Gasteiger partial charge in [-0.3, -0.25) is 4.98 Å². The minimum atomic E-state index is -3.62. The Morgan fingerprint density at radius 2 is 2.05 bits per heavy atom. The number of nitrogens with one attached hydrogen (secondary N) is 1. The summed E-state index contributed by atoms with van der Waals surface area (Å²) in [5, 5.41) is 10.4. The number of rotatable bonds is 4. The number of pyridine rings is 1. The zero-order valence-electron chi connectivity index (χ0n) is 11.7. The number of piperidine rings is 1. The number of aliphatic hydroxyl groups is 1. The molecule has 0 aromatic carbocycles. The quantitative estimate of drug-likeness (QED) is 0.791. The number of aromatic nitrogens is 1. The van der Waals surface area contributed by atoms with Crippen molar-refractivity contribution >= 4 is 10.0 Å². The van der Waals surface area contributed by atoms with Gasteiger partial charge in [-0.25, -0.2) is 13.4 Å². The summed E-state index contributed by atoms with van der Waals surface area (Å²) < 4.78 is 24.6. The first-order valence-electron chi connectivity index (χ1n) is 6.94. The summed E-state index contributed by atoms with van der Waals surface area (Å²) in [6, 6.07) is 1.49. The van der Waals surface area contributed by atoms with Crippen LogP contribution >= 0.6 is 0 Å². The summed E-state index contributed by atoms with van der Waals surface area (Å²) in [7, 11) is -3.62. The first kappa shape index (κ1) is 15.9. The number of hydrogen-bond acceptors (Lipinski definition) is 5. The molecule has 0 bridgehead atoms. The molecule has 1 fully saturated rings. The van der Waals surface area contributed by atoms with Crippen LogP contribution in [0.1, 0.15) is 31.2 Å². The molecule has 1 aromatic heterocycles. The Hall–Kier alpha value is -1.46. The van der Waals surface area contributed by atoms with Crippen LogP contribution in [0.5, 0.6) is 0 Å². The Balaban J connectivity index is 2.12. The zero-order chi connectivity index (χ0) is 15.1. The molecule has 21 heavy (non-hydrogen) atoms. The van der Waals surface area contributed by atoms with Gasteiger partial charge >= 0.3 is 0 Å². The fourth-order valence-corrected chi connectivity index (χ4v) is 3.17. The molecule has 1 aliphatic rings. The fraction of sp³-hybridized carbons (Fsp3) is 0.500. The number of aliphatic hydroxyl groups excluding tert-OH is 1. The third kappa shape index (κ3) is 4.79. The van der Waals surface area contributed by atoms with E-state index in [0.717, 1.165) is 32.4 Å². The molecule has 0 amide bonds. The first-order chi connectivity index (χ1) is 10.1. The molecule has 1 saturated heterocycles. The Morgan fingerprint density at radius 3 is 2.76 bits per heavy atom. The van der Waals surface area contributed by atoms with Crippen LogP contribution in [-0.2, 0) is 10.0 Å². The van der Waals surface area contributed by atoms with Gasteiger partial charge in [-0.05, 0) is 18.9 Å². The van der Waals surface area contributed by atoms with E-state index in [1.54, 1.807) is 5.01 Å². The van der Waals surface area contributed by atoms with Crippen LogP contribution in [-0.4, -0.2) is 43.2 Å². The zero-order valence-corrected chi connectivity index (χ0v) is 12.6. The predicted octanol–water partition coefficient (Wildman–Crippen LogP) is 0.495. The Kier molecular flexibility index (Phi) is 5.70. The first-order valence-corrected chi connectivity index (χ1v) is 8.42. The van der Waals surface area contributed by atoms with E-state index in [2.05, 4.69) is 21.7 Å². The van der Waals surface area contributed by atoms with Crippen LogP contribution < -0.4 is 4.83 Å². The molecule has 2 rings (SSSR count). The van der Waals surface area contributed by atoms with Crippen LogP contribution in [0.15, 0.2) is 23.4 Å². The molecule has 0 saturated carbocycles. The van der Waals surface area contributed by atoms with Crippen molar-refractivity contribution in [3.63, 3.8) is 0 Å². The van der Waals surface area contributed by atoms with Gasteiger partial charge in [-0.1, -0.05) is 18.3 Å². The van der Waals surface area contributed by atoms with Crippen LogP contribution in [0, 0.1) is 11.8 Å². The molecule has 7 heteroatoms. The number of nitrogens with zero attached hydrogens (tertiary/aromatic N) is 2. The smallest absolute Gasteiger partial charge is 0.255 e. The van der Waals surface area contributed by atoms with Gasteiger partial charge in [0.1, 0.15) is 4.90 Å². The third-order valence-electron chi connectivity index (χ3n) is 3.10. The molecule has 2 N–H and O–H groups in total. The average molecular weight is 309 g/mol. The maximum Gasteiger partial charge on any atom is 0.255 e. The summed E-state index contributed by atoms with van der Waals surface area (Å²) in [5.74, 6) is 5.53. The number of hydrogen-bond donors (Lipinski definition) is 2. The van der Waals surface area contributed by atoms with E-state index >= 15 is 0 Å². The Morgan fingerprint density at radius 1 is 1.29 bits per heavy atom. The largest absolute Gasteiger partial charge is 0.395 e. The summed E-state index contributed by atoms with van der Waals surface area (Å²) in [4.78, 5) is 6.60. The molecule has 1 aromatic rings. The van der Waals surface area contributed by atoms with E-state index in [1.165, 1.54) is 18.5 Å². The van der Waals surface area contributed by atoms with Crippen LogP contribution in [0.3, 0.4) is 0 Å². The van der Waals surface area contributed by atoms with E-state index < -0.39 is 10.0 Å². The molecular weight excluding hydrogens is 290 g/mol. The fourth-order valence-electron chi connectivity index (χ4n) is 2.06. The molecule has 6 nitrogen and oxygen atoms in total. The summed E-state index contributed by atoms with van der Waals surface area (Å²) in [6.45, 7) is 1.43. The monoisotopic (exact) mass is 309 g/mol. The van der Waals surface area contributed by atoms with Crippen LogP contribution in [0.25, 0.3) is 0 Å². The van der Waals surface area contributed by atoms with E-state index in [1.807, 2.05) is 0 Å². The van der Waals surface area contributed by atoms with Crippen molar-refractivity contribution in [1.82, 2.24) is 14.8 Å². The Labute approximate surface area is 125 Å². The molecule has 1 aliphatic heterocycles. The molecule has 0 aliphatic carbocycles.